The molecule has 0 aliphatic carbocycles. The van der Waals surface area contributed by atoms with Crippen LogP contribution in [0.1, 0.15) is 0 Å². The summed E-state index contributed by atoms with van der Waals surface area (Å²) in [6.07, 6.45) is 0. The smallest absolute Gasteiger partial charge is 0.228 e. The zero-order valence-corrected chi connectivity index (χ0v) is 4.63. The van der Waals surface area contributed by atoms with Gasteiger partial charge in [-0.25, -0.2) is 0 Å². The van der Waals surface area contributed by atoms with Gasteiger partial charge in [0, 0.05) is 0 Å². The molecule has 0 spiro atoms. The van der Waals surface area contributed by atoms with E-state index in [1.165, 1.54) is 0 Å². The van der Waals surface area contributed by atoms with Crippen LogP contribution < -0.4 is 5.64 Å². The predicted molar refractivity (Wildman–Crippen MR) is 30.1 cm³/mol. The third kappa shape index (κ3) is 4.45. The molecule has 0 bridgehead atoms. The van der Waals surface area contributed by atoms with Crippen molar-refractivity contribution in [3.05, 3.63) is 0 Å². The molecule has 0 radical (unpaired) electrons. The van der Waals surface area contributed by atoms with Crippen molar-refractivity contribution in [1.82, 2.24) is 0 Å². The van der Waals surface area contributed by atoms with Crippen molar-refractivity contribution in [1.29, 1.82) is 0 Å². The zero-order valence-electron chi connectivity index (χ0n) is 3.73. The molecule has 0 heterocycles. The first-order valence-electron chi connectivity index (χ1n) is 1.62. The van der Waals surface area contributed by atoms with Crippen LogP contribution in [0.3, 0.4) is 0 Å². The molecule has 0 fully saturated rings. The van der Waals surface area contributed by atoms with Crippen LogP contribution in [0.25, 0.3) is 0 Å². The van der Waals surface area contributed by atoms with Crippen molar-refractivity contribution in [2.24, 2.45) is 5.64 Å². The van der Waals surface area contributed by atoms with Crippen molar-refractivity contribution in [2.75, 3.05) is 13.3 Å². The monoisotopic (exact) mass is 89.1 g/mol. The molecule has 0 unspecified atom stereocenters. The molecular formula is C2H9BNP. The minimum Gasteiger partial charge on any atom is -0.369 e. The Morgan fingerprint density at radius 1 is 1.60 bits per heavy atom. The topological polar surface area (TPSA) is 26.0 Å². The molecule has 1 nitrogen and oxygen atoms in total. The summed E-state index contributed by atoms with van der Waals surface area (Å²) in [5.74, 6) is 0. The first-order valence-corrected chi connectivity index (χ1v) is 4.04. The summed E-state index contributed by atoms with van der Waals surface area (Å²) in [7, 11) is 1.05. The Kier molecular flexibility index (Phi) is 2.92. The van der Waals surface area contributed by atoms with Crippen LogP contribution in [0.15, 0.2) is 0 Å². The minimum absolute atomic E-state index is 0.180. The summed E-state index contributed by atoms with van der Waals surface area (Å²) in [5, 5.41) is 0. The standard InChI is InChI=1S/C2H9BNP/c1-5(2)3-4/h3H,4H2,1-2H3. The van der Waals surface area contributed by atoms with E-state index in [9.17, 15) is 0 Å². The molecule has 0 aromatic rings. The van der Waals surface area contributed by atoms with Crippen LogP contribution in [0, 0.1) is 0 Å². The molecule has 0 atom stereocenters. The zero-order chi connectivity index (χ0) is 4.28. The SMILES string of the molecule is CP(C)BN. The first kappa shape index (κ1) is 5.45. The Hall–Kier alpha value is 0.455. The van der Waals surface area contributed by atoms with Crippen molar-refractivity contribution >= 4 is 14.9 Å². The van der Waals surface area contributed by atoms with Crippen LogP contribution in [-0.4, -0.2) is 20.5 Å². The van der Waals surface area contributed by atoms with Gasteiger partial charge in [0.05, 0.1) is 0 Å². The summed E-state index contributed by atoms with van der Waals surface area (Å²) in [4.78, 5) is 0. The van der Waals surface area contributed by atoms with E-state index in [-0.39, 0.29) is 7.80 Å². The van der Waals surface area contributed by atoms with Gasteiger partial charge in [-0.15, -0.1) is 7.80 Å². The Morgan fingerprint density at radius 3 is 1.80 bits per heavy atom. The van der Waals surface area contributed by atoms with E-state index in [4.69, 9.17) is 5.64 Å². The average Bonchev–Trinajstić information content (AvgIpc) is 1.38. The molecule has 3 heteroatoms. The van der Waals surface area contributed by atoms with Gasteiger partial charge in [0.15, 0.2) is 0 Å². The van der Waals surface area contributed by atoms with Gasteiger partial charge in [-0.1, -0.05) is 13.3 Å². The molecule has 0 saturated carbocycles. The maximum Gasteiger partial charge on any atom is 0.228 e. The van der Waals surface area contributed by atoms with E-state index < -0.39 is 0 Å². The first-order chi connectivity index (χ1) is 2.27. The number of hydrogen-bond acceptors (Lipinski definition) is 1. The summed E-state index contributed by atoms with van der Waals surface area (Å²) < 4.78 is 0. The highest BCUT2D eigenvalue weighted by molar-refractivity contribution is 7.84. The lowest BCUT2D eigenvalue weighted by molar-refractivity contribution is 1.97. The maximum absolute atomic E-state index is 5.20. The van der Waals surface area contributed by atoms with Gasteiger partial charge in [0.2, 0.25) is 7.13 Å². The molecule has 0 aliphatic heterocycles. The van der Waals surface area contributed by atoms with Crippen LogP contribution >= 0.6 is 7.80 Å². The van der Waals surface area contributed by atoms with E-state index in [1.807, 2.05) is 0 Å². The average molecular weight is 88.9 g/mol. The van der Waals surface area contributed by atoms with Crippen molar-refractivity contribution in [2.45, 2.75) is 0 Å². The normalized spacial score (nSPS) is 8.80. The molecule has 0 amide bonds. The molecule has 0 aromatic carbocycles. The molecule has 0 rings (SSSR count). The second-order valence-corrected chi connectivity index (χ2v) is 3.79. The summed E-state index contributed by atoms with van der Waals surface area (Å²) >= 11 is 0. The Balaban J connectivity index is 2.54. The van der Waals surface area contributed by atoms with E-state index in [0.717, 1.165) is 7.13 Å². The van der Waals surface area contributed by atoms with Gasteiger partial charge in [0.25, 0.3) is 0 Å². The Morgan fingerprint density at radius 2 is 1.80 bits per heavy atom. The van der Waals surface area contributed by atoms with Crippen molar-refractivity contribution < 1.29 is 0 Å². The van der Waals surface area contributed by atoms with E-state index in [1.54, 1.807) is 0 Å². The third-order valence-corrected chi connectivity index (χ3v) is 1.10. The lowest BCUT2D eigenvalue weighted by Crippen LogP contribution is -1.99. The van der Waals surface area contributed by atoms with Gasteiger partial charge >= 0.3 is 0 Å². The van der Waals surface area contributed by atoms with Crippen LogP contribution in [0.2, 0.25) is 0 Å². The summed E-state index contributed by atoms with van der Waals surface area (Å²) in [6, 6.07) is 0. The fraction of sp³-hybridized carbons (Fsp3) is 1.00. The van der Waals surface area contributed by atoms with E-state index in [0.29, 0.717) is 0 Å². The second kappa shape index (κ2) is 2.68. The fourth-order valence-electron chi connectivity index (χ4n) is 0. The highest BCUT2D eigenvalue weighted by atomic mass is 31.1. The fourth-order valence-corrected chi connectivity index (χ4v) is 0. The Labute approximate surface area is 34.9 Å². The van der Waals surface area contributed by atoms with Gasteiger partial charge < -0.3 is 5.64 Å². The van der Waals surface area contributed by atoms with Crippen LogP contribution in [0.4, 0.5) is 0 Å². The van der Waals surface area contributed by atoms with E-state index >= 15 is 0 Å². The molecule has 2 N–H and O–H groups in total. The lowest BCUT2D eigenvalue weighted by atomic mass is 10.5. The highest BCUT2D eigenvalue weighted by Gasteiger charge is 1.82. The number of nitrogens with two attached hydrogens (primary N) is 1. The van der Waals surface area contributed by atoms with Gasteiger partial charge in [-0.05, 0) is 0 Å². The van der Waals surface area contributed by atoms with Crippen molar-refractivity contribution in [3.8, 4) is 0 Å². The van der Waals surface area contributed by atoms with Gasteiger partial charge in [0.1, 0.15) is 0 Å². The molecule has 0 aliphatic rings. The third-order valence-electron chi connectivity index (χ3n) is 0.365. The molecule has 0 aromatic heterocycles. The largest absolute Gasteiger partial charge is 0.369 e. The quantitative estimate of drug-likeness (QED) is 0.353. The number of rotatable bonds is 1. The predicted octanol–water partition coefficient (Wildman–Crippen LogP) is -0.0469. The summed E-state index contributed by atoms with van der Waals surface area (Å²) in [6.45, 7) is 4.32. The molecular weight excluding hydrogens is 79.8 g/mol. The highest BCUT2D eigenvalue weighted by Crippen LogP contribution is 2.16. The Bertz CT molecular complexity index is 23.6. The second-order valence-electron chi connectivity index (χ2n) is 1.26. The summed E-state index contributed by atoms with van der Waals surface area (Å²) in [5.41, 5.74) is 5.20. The maximum atomic E-state index is 5.20. The van der Waals surface area contributed by atoms with Gasteiger partial charge in [-0.3, -0.25) is 0 Å². The minimum atomic E-state index is 0.180. The van der Waals surface area contributed by atoms with Gasteiger partial charge in [-0.2, -0.15) is 0 Å². The number of hydrogen-bond donors (Lipinski definition) is 1. The van der Waals surface area contributed by atoms with E-state index in [2.05, 4.69) is 13.3 Å². The molecule has 0 saturated heterocycles. The lowest BCUT2D eigenvalue weighted by Gasteiger charge is -1.90. The van der Waals surface area contributed by atoms with Crippen LogP contribution in [0.5, 0.6) is 0 Å². The molecule has 5 heavy (non-hydrogen) atoms. The van der Waals surface area contributed by atoms with Crippen LogP contribution in [-0.2, 0) is 0 Å². The van der Waals surface area contributed by atoms with Crippen molar-refractivity contribution in [3.63, 3.8) is 0 Å². The molecule has 30 valence electrons.